The van der Waals surface area contributed by atoms with Gasteiger partial charge >= 0.3 is 6.18 Å². The van der Waals surface area contributed by atoms with Crippen LogP contribution in [-0.4, -0.2) is 16.3 Å². The molecule has 0 bridgehead atoms. The summed E-state index contributed by atoms with van der Waals surface area (Å²) in [5, 5.41) is 10.0. The predicted molar refractivity (Wildman–Crippen MR) is 56.3 cm³/mol. The van der Waals surface area contributed by atoms with Gasteiger partial charge in [-0.25, -0.2) is 0 Å². The lowest BCUT2D eigenvalue weighted by atomic mass is 9.90. The zero-order chi connectivity index (χ0) is 12.5. The molecule has 2 nitrogen and oxygen atoms in total. The van der Waals surface area contributed by atoms with E-state index in [4.69, 9.17) is 0 Å². The molecular weight excluding hydrogens is 231 g/mol. The Hall–Kier alpha value is -1.75. The van der Waals surface area contributed by atoms with Gasteiger partial charge in [-0.15, -0.1) is 0 Å². The van der Waals surface area contributed by atoms with Crippen LogP contribution in [0.1, 0.15) is 11.3 Å². The molecule has 0 amide bonds. The molecule has 5 heteroatoms. The highest BCUT2D eigenvalue weighted by atomic mass is 19.4. The van der Waals surface area contributed by atoms with Crippen LogP contribution in [0.2, 0.25) is 0 Å². The fourth-order valence-corrected chi connectivity index (χ4v) is 1.71. The van der Waals surface area contributed by atoms with Crippen molar-refractivity contribution in [3.63, 3.8) is 0 Å². The highest BCUT2D eigenvalue weighted by Crippen LogP contribution is 2.43. The van der Waals surface area contributed by atoms with Gasteiger partial charge in [-0.05, 0) is 17.7 Å². The first kappa shape index (κ1) is 11.7. The topological polar surface area (TPSA) is 36.0 Å². The molecule has 1 heterocycles. The monoisotopic (exact) mass is 241 g/mol. The minimum Gasteiger partial charge on any atom is -0.371 e. The second-order valence-corrected chi connectivity index (χ2v) is 3.66. The molecule has 1 aromatic heterocycles. The van der Waals surface area contributed by atoms with Crippen molar-refractivity contribution in [1.82, 2.24) is 4.98 Å². The molecule has 0 aliphatic heterocycles. The Morgan fingerprint density at radius 2 is 1.59 bits per heavy atom. The molecule has 2 aromatic rings. The first-order valence-corrected chi connectivity index (χ1v) is 4.95. The third-order valence-electron chi connectivity index (χ3n) is 2.59. The molecule has 1 atom stereocenters. The van der Waals surface area contributed by atoms with Crippen LogP contribution in [0.4, 0.5) is 13.2 Å². The van der Waals surface area contributed by atoms with Crippen molar-refractivity contribution in [3.8, 4) is 0 Å². The Balaban J connectivity index is 2.61. The van der Waals surface area contributed by atoms with Gasteiger partial charge in [0, 0.05) is 6.20 Å². The fraction of sp³-hybridized carbons (Fsp3) is 0.167. The number of hydrogen-bond donors (Lipinski definition) is 2. The maximum Gasteiger partial charge on any atom is 0.427 e. The number of nitrogens with one attached hydrogen (secondary N) is 1. The number of rotatable bonds is 2. The van der Waals surface area contributed by atoms with Crippen LogP contribution in [0.5, 0.6) is 0 Å². The molecular formula is C12H10F3NO. The van der Waals surface area contributed by atoms with Crippen molar-refractivity contribution in [2.24, 2.45) is 0 Å². The zero-order valence-corrected chi connectivity index (χ0v) is 8.70. The van der Waals surface area contributed by atoms with E-state index in [-0.39, 0.29) is 11.3 Å². The average molecular weight is 241 g/mol. The first-order chi connectivity index (χ1) is 7.96. The van der Waals surface area contributed by atoms with Crippen LogP contribution in [0.15, 0.2) is 48.7 Å². The Morgan fingerprint density at radius 3 is 2.06 bits per heavy atom. The quantitative estimate of drug-likeness (QED) is 0.833. The molecule has 0 aliphatic rings. The predicted octanol–water partition coefficient (Wildman–Crippen LogP) is 2.81. The van der Waals surface area contributed by atoms with E-state index in [0.717, 1.165) is 0 Å². The number of aromatic amines is 1. The molecule has 1 unspecified atom stereocenters. The number of halogens is 3. The standard InChI is InChI=1S/C12H10F3NO/c13-12(14,15)11(17,10-7-4-8-16-10)9-5-2-1-3-6-9/h1-8,16-17H. The van der Waals surface area contributed by atoms with Crippen LogP contribution in [0.3, 0.4) is 0 Å². The van der Waals surface area contributed by atoms with E-state index in [1.54, 1.807) is 6.07 Å². The van der Waals surface area contributed by atoms with Crippen molar-refractivity contribution in [3.05, 3.63) is 59.9 Å². The minimum absolute atomic E-state index is 0.213. The maximum absolute atomic E-state index is 13.1. The summed E-state index contributed by atoms with van der Waals surface area (Å²) in [6.45, 7) is 0. The normalized spacial score (nSPS) is 15.5. The summed E-state index contributed by atoms with van der Waals surface area (Å²) in [5.41, 5.74) is -3.51. The SMILES string of the molecule is OC(c1ccccc1)(c1ccc[nH]1)C(F)(F)F. The largest absolute Gasteiger partial charge is 0.427 e. The van der Waals surface area contributed by atoms with Gasteiger partial charge < -0.3 is 10.1 Å². The molecule has 0 spiro atoms. The van der Waals surface area contributed by atoms with E-state index in [0.29, 0.717) is 0 Å². The van der Waals surface area contributed by atoms with Gasteiger partial charge in [0.2, 0.25) is 5.60 Å². The molecule has 1 aromatic carbocycles. The van der Waals surface area contributed by atoms with Gasteiger partial charge in [-0.1, -0.05) is 30.3 Å². The minimum atomic E-state index is -4.79. The van der Waals surface area contributed by atoms with E-state index in [2.05, 4.69) is 4.98 Å². The van der Waals surface area contributed by atoms with Crippen LogP contribution in [0, 0.1) is 0 Å². The molecule has 2 N–H and O–H groups in total. The zero-order valence-electron chi connectivity index (χ0n) is 8.70. The Morgan fingerprint density at radius 1 is 0.941 bits per heavy atom. The maximum atomic E-state index is 13.1. The van der Waals surface area contributed by atoms with Crippen molar-refractivity contribution >= 4 is 0 Å². The summed E-state index contributed by atoms with van der Waals surface area (Å²) in [6, 6.07) is 9.61. The van der Waals surface area contributed by atoms with Crippen LogP contribution < -0.4 is 0 Å². The number of aliphatic hydroxyl groups is 1. The highest BCUT2D eigenvalue weighted by Gasteiger charge is 2.56. The van der Waals surface area contributed by atoms with Gasteiger partial charge in [-0.3, -0.25) is 0 Å². The van der Waals surface area contributed by atoms with Crippen molar-refractivity contribution in [2.45, 2.75) is 11.8 Å². The fourth-order valence-electron chi connectivity index (χ4n) is 1.71. The smallest absolute Gasteiger partial charge is 0.371 e. The van der Waals surface area contributed by atoms with Gasteiger partial charge in [0.05, 0.1) is 5.69 Å². The number of hydrogen-bond acceptors (Lipinski definition) is 1. The van der Waals surface area contributed by atoms with Gasteiger partial charge in [0.25, 0.3) is 0 Å². The molecule has 0 radical (unpaired) electrons. The summed E-state index contributed by atoms with van der Waals surface area (Å²) in [7, 11) is 0. The Bertz CT molecular complexity index is 478. The summed E-state index contributed by atoms with van der Waals surface area (Å²) in [4.78, 5) is 2.41. The molecule has 0 fully saturated rings. The molecule has 17 heavy (non-hydrogen) atoms. The first-order valence-electron chi connectivity index (χ1n) is 4.95. The van der Waals surface area contributed by atoms with E-state index in [1.807, 2.05) is 0 Å². The summed E-state index contributed by atoms with van der Waals surface area (Å²) in [6.07, 6.45) is -3.45. The average Bonchev–Trinajstić information content (AvgIpc) is 2.81. The number of benzene rings is 1. The van der Waals surface area contributed by atoms with Crippen LogP contribution in [0.25, 0.3) is 0 Å². The molecule has 90 valence electrons. The van der Waals surface area contributed by atoms with E-state index < -0.39 is 11.8 Å². The third-order valence-corrected chi connectivity index (χ3v) is 2.59. The second-order valence-electron chi connectivity index (χ2n) is 3.66. The Labute approximate surface area is 95.7 Å². The molecule has 0 saturated heterocycles. The van der Waals surface area contributed by atoms with Crippen molar-refractivity contribution < 1.29 is 18.3 Å². The van der Waals surface area contributed by atoms with E-state index >= 15 is 0 Å². The molecule has 2 rings (SSSR count). The lowest BCUT2D eigenvalue weighted by Crippen LogP contribution is -2.43. The van der Waals surface area contributed by atoms with E-state index in [1.165, 1.54) is 42.6 Å². The number of H-pyrrole nitrogens is 1. The van der Waals surface area contributed by atoms with Crippen molar-refractivity contribution in [2.75, 3.05) is 0 Å². The summed E-state index contributed by atoms with van der Waals surface area (Å²) >= 11 is 0. The van der Waals surface area contributed by atoms with Gasteiger partial charge in [0.15, 0.2) is 0 Å². The lowest BCUT2D eigenvalue weighted by Gasteiger charge is -2.30. The van der Waals surface area contributed by atoms with Gasteiger partial charge in [0.1, 0.15) is 0 Å². The Kier molecular flexibility index (Phi) is 2.71. The molecule has 0 aliphatic carbocycles. The van der Waals surface area contributed by atoms with Crippen LogP contribution in [-0.2, 0) is 5.60 Å². The van der Waals surface area contributed by atoms with E-state index in [9.17, 15) is 18.3 Å². The summed E-state index contributed by atoms with van der Waals surface area (Å²) in [5.74, 6) is 0. The lowest BCUT2D eigenvalue weighted by molar-refractivity contribution is -0.249. The number of aromatic nitrogens is 1. The van der Waals surface area contributed by atoms with Gasteiger partial charge in [-0.2, -0.15) is 13.2 Å². The number of alkyl halides is 3. The van der Waals surface area contributed by atoms with Crippen molar-refractivity contribution in [1.29, 1.82) is 0 Å². The third kappa shape index (κ3) is 1.82. The highest BCUT2D eigenvalue weighted by molar-refractivity contribution is 5.34. The molecule has 0 saturated carbocycles. The van der Waals surface area contributed by atoms with Crippen LogP contribution >= 0.6 is 0 Å². The second kappa shape index (κ2) is 3.92. The summed E-state index contributed by atoms with van der Waals surface area (Å²) < 4.78 is 39.2.